The van der Waals surface area contributed by atoms with Crippen LogP contribution in [0.5, 0.6) is 0 Å². The van der Waals surface area contributed by atoms with E-state index < -0.39 is 0 Å². The van der Waals surface area contributed by atoms with Crippen molar-refractivity contribution in [2.45, 2.75) is 58.4 Å². The second-order valence-electron chi connectivity index (χ2n) is 6.47. The van der Waals surface area contributed by atoms with Gasteiger partial charge in [0.25, 0.3) is 0 Å². The van der Waals surface area contributed by atoms with Gasteiger partial charge < -0.3 is 10.6 Å². The first-order chi connectivity index (χ1) is 8.66. The minimum absolute atomic E-state index is 0. The van der Waals surface area contributed by atoms with Gasteiger partial charge in [0.2, 0.25) is 5.91 Å². The van der Waals surface area contributed by atoms with Crippen LogP contribution in [0, 0.1) is 17.8 Å². The van der Waals surface area contributed by atoms with Crippen LogP contribution >= 0.6 is 12.4 Å². The van der Waals surface area contributed by atoms with Crippen LogP contribution in [0.1, 0.15) is 52.4 Å². The van der Waals surface area contributed by atoms with Crippen LogP contribution in [0.4, 0.5) is 0 Å². The first-order valence-corrected chi connectivity index (χ1v) is 7.68. The molecule has 1 heterocycles. The quantitative estimate of drug-likeness (QED) is 0.817. The third kappa shape index (κ3) is 4.96. The molecule has 1 amide bonds. The summed E-state index contributed by atoms with van der Waals surface area (Å²) in [5.41, 5.74) is 0. The van der Waals surface area contributed by atoms with E-state index in [1.54, 1.807) is 0 Å². The minimum atomic E-state index is 0. The van der Waals surface area contributed by atoms with E-state index in [9.17, 15) is 4.79 Å². The molecule has 0 aromatic rings. The lowest BCUT2D eigenvalue weighted by Crippen LogP contribution is -2.41. The lowest BCUT2D eigenvalue weighted by molar-refractivity contribution is -0.125. The number of carbonyl (C=O) groups excluding carboxylic acids is 1. The maximum Gasteiger partial charge on any atom is 0.224 e. The SMILES string of the molecule is CC(C)CCC1CCCC1NC(=O)C1CCNC1.Cl. The number of nitrogens with one attached hydrogen (secondary N) is 2. The highest BCUT2D eigenvalue weighted by molar-refractivity contribution is 5.85. The molecule has 2 rings (SSSR count). The second kappa shape index (κ2) is 8.11. The molecule has 3 nitrogen and oxygen atoms in total. The van der Waals surface area contributed by atoms with Crippen LogP contribution in [0.3, 0.4) is 0 Å². The van der Waals surface area contributed by atoms with Crippen molar-refractivity contribution >= 4 is 18.3 Å². The van der Waals surface area contributed by atoms with E-state index in [2.05, 4.69) is 24.5 Å². The van der Waals surface area contributed by atoms with Crippen LogP contribution in [0.15, 0.2) is 0 Å². The number of hydrogen-bond donors (Lipinski definition) is 2. The van der Waals surface area contributed by atoms with Crippen LogP contribution in [-0.2, 0) is 4.79 Å². The smallest absolute Gasteiger partial charge is 0.224 e. The highest BCUT2D eigenvalue weighted by Crippen LogP contribution is 2.31. The summed E-state index contributed by atoms with van der Waals surface area (Å²) in [4.78, 5) is 12.1. The summed E-state index contributed by atoms with van der Waals surface area (Å²) in [7, 11) is 0. The lowest BCUT2D eigenvalue weighted by Gasteiger charge is -2.23. The molecule has 4 heteroatoms. The summed E-state index contributed by atoms with van der Waals surface area (Å²) >= 11 is 0. The highest BCUT2D eigenvalue weighted by atomic mass is 35.5. The monoisotopic (exact) mass is 288 g/mol. The van der Waals surface area contributed by atoms with E-state index in [-0.39, 0.29) is 18.3 Å². The van der Waals surface area contributed by atoms with Crippen molar-refractivity contribution in [3.63, 3.8) is 0 Å². The number of carbonyl (C=O) groups is 1. The van der Waals surface area contributed by atoms with Gasteiger partial charge in [0.1, 0.15) is 0 Å². The van der Waals surface area contributed by atoms with Gasteiger partial charge in [-0.15, -0.1) is 12.4 Å². The number of halogens is 1. The predicted molar refractivity (Wildman–Crippen MR) is 81.6 cm³/mol. The molecule has 3 unspecified atom stereocenters. The molecule has 0 bridgehead atoms. The van der Waals surface area contributed by atoms with Gasteiger partial charge in [-0.25, -0.2) is 0 Å². The molecule has 0 aromatic heterocycles. The van der Waals surface area contributed by atoms with Gasteiger partial charge in [-0.2, -0.15) is 0 Å². The Labute approximate surface area is 123 Å². The van der Waals surface area contributed by atoms with Crippen molar-refractivity contribution in [3.8, 4) is 0 Å². The maximum absolute atomic E-state index is 12.1. The Morgan fingerprint density at radius 3 is 2.74 bits per heavy atom. The Kier molecular flexibility index (Phi) is 7.16. The van der Waals surface area contributed by atoms with Crippen molar-refractivity contribution in [1.82, 2.24) is 10.6 Å². The van der Waals surface area contributed by atoms with Crippen molar-refractivity contribution in [1.29, 1.82) is 0 Å². The highest BCUT2D eigenvalue weighted by Gasteiger charge is 2.31. The van der Waals surface area contributed by atoms with Crippen molar-refractivity contribution in [2.75, 3.05) is 13.1 Å². The largest absolute Gasteiger partial charge is 0.353 e. The third-order valence-electron chi connectivity index (χ3n) is 4.53. The molecule has 3 atom stereocenters. The van der Waals surface area contributed by atoms with Crippen LogP contribution in [0.25, 0.3) is 0 Å². The summed E-state index contributed by atoms with van der Waals surface area (Å²) in [5.74, 6) is 2.02. The van der Waals surface area contributed by atoms with Gasteiger partial charge in [0, 0.05) is 12.6 Å². The fraction of sp³-hybridized carbons (Fsp3) is 0.933. The standard InChI is InChI=1S/C15H28N2O.ClH/c1-11(2)6-7-12-4-3-5-14(12)17-15(18)13-8-9-16-10-13;/h11-14,16H,3-10H2,1-2H3,(H,17,18);1H. The molecular weight excluding hydrogens is 260 g/mol. The Balaban J connectivity index is 0.00000180. The molecule has 0 radical (unpaired) electrons. The zero-order valence-electron chi connectivity index (χ0n) is 12.3. The molecule has 1 saturated carbocycles. The summed E-state index contributed by atoms with van der Waals surface area (Å²) < 4.78 is 0. The summed E-state index contributed by atoms with van der Waals surface area (Å²) in [5, 5.41) is 6.58. The van der Waals surface area contributed by atoms with E-state index in [0.717, 1.165) is 31.3 Å². The summed E-state index contributed by atoms with van der Waals surface area (Å²) in [6.07, 6.45) is 7.37. The number of rotatable bonds is 5. The molecule has 0 spiro atoms. The maximum atomic E-state index is 12.1. The first-order valence-electron chi connectivity index (χ1n) is 7.68. The van der Waals surface area contributed by atoms with Crippen LogP contribution in [0.2, 0.25) is 0 Å². The molecule has 1 aliphatic carbocycles. The van der Waals surface area contributed by atoms with Gasteiger partial charge in [-0.1, -0.05) is 26.7 Å². The Morgan fingerprint density at radius 1 is 1.32 bits per heavy atom. The van der Waals surface area contributed by atoms with E-state index >= 15 is 0 Å². The lowest BCUT2D eigenvalue weighted by atomic mass is 9.93. The van der Waals surface area contributed by atoms with E-state index in [4.69, 9.17) is 0 Å². The first kappa shape index (κ1) is 16.8. The molecule has 2 fully saturated rings. The van der Waals surface area contributed by atoms with Gasteiger partial charge in [0.05, 0.1) is 5.92 Å². The predicted octanol–water partition coefficient (Wildman–Crippen LogP) is 2.74. The Hall–Kier alpha value is -0.280. The zero-order chi connectivity index (χ0) is 13.0. The summed E-state index contributed by atoms with van der Waals surface area (Å²) in [6.45, 7) is 6.44. The molecule has 1 saturated heterocycles. The molecule has 19 heavy (non-hydrogen) atoms. The van der Waals surface area contributed by atoms with Crippen LogP contribution < -0.4 is 10.6 Å². The summed E-state index contributed by atoms with van der Waals surface area (Å²) in [6, 6.07) is 0.455. The molecule has 1 aliphatic heterocycles. The molecule has 0 aromatic carbocycles. The molecular formula is C15H29ClN2O. The topological polar surface area (TPSA) is 41.1 Å². The average molecular weight is 289 g/mol. The van der Waals surface area contributed by atoms with Crippen molar-refractivity contribution in [2.24, 2.45) is 17.8 Å². The van der Waals surface area contributed by atoms with Gasteiger partial charge in [-0.3, -0.25) is 4.79 Å². The fourth-order valence-electron chi connectivity index (χ4n) is 3.30. The van der Waals surface area contributed by atoms with Crippen LogP contribution in [-0.4, -0.2) is 25.0 Å². The van der Waals surface area contributed by atoms with Crippen molar-refractivity contribution < 1.29 is 4.79 Å². The fourth-order valence-corrected chi connectivity index (χ4v) is 3.30. The Morgan fingerprint density at radius 2 is 2.11 bits per heavy atom. The van der Waals surface area contributed by atoms with Gasteiger partial charge in [-0.05, 0) is 44.1 Å². The van der Waals surface area contributed by atoms with E-state index in [0.29, 0.717) is 11.9 Å². The van der Waals surface area contributed by atoms with Gasteiger partial charge in [0.15, 0.2) is 0 Å². The molecule has 2 N–H and O–H groups in total. The number of amides is 1. The number of hydrogen-bond acceptors (Lipinski definition) is 2. The average Bonchev–Trinajstić information content (AvgIpc) is 2.97. The second-order valence-corrected chi connectivity index (χ2v) is 6.47. The zero-order valence-corrected chi connectivity index (χ0v) is 13.1. The normalized spacial score (nSPS) is 30.4. The molecule has 2 aliphatic rings. The van der Waals surface area contributed by atoms with E-state index in [1.807, 2.05) is 0 Å². The van der Waals surface area contributed by atoms with Crippen molar-refractivity contribution in [3.05, 3.63) is 0 Å². The minimum Gasteiger partial charge on any atom is -0.353 e. The van der Waals surface area contributed by atoms with Gasteiger partial charge >= 0.3 is 0 Å². The van der Waals surface area contributed by atoms with E-state index in [1.165, 1.54) is 32.1 Å². The molecule has 112 valence electrons. The third-order valence-corrected chi connectivity index (χ3v) is 4.53. The Bertz CT molecular complexity index is 277.